The first-order valence-corrected chi connectivity index (χ1v) is 10.3. The number of benzene rings is 1. The lowest BCUT2D eigenvalue weighted by Crippen LogP contribution is -2.50. The van der Waals surface area contributed by atoms with Crippen molar-refractivity contribution in [3.05, 3.63) is 46.7 Å². The summed E-state index contributed by atoms with van der Waals surface area (Å²) in [4.78, 5) is 40.6. The van der Waals surface area contributed by atoms with Gasteiger partial charge in [-0.3, -0.25) is 14.4 Å². The van der Waals surface area contributed by atoms with Crippen molar-refractivity contribution in [1.82, 2.24) is 4.90 Å². The van der Waals surface area contributed by atoms with Crippen molar-refractivity contribution in [3.8, 4) is 5.75 Å². The van der Waals surface area contributed by atoms with Gasteiger partial charge in [-0.25, -0.2) is 0 Å². The molecule has 0 aliphatic carbocycles. The molecule has 2 heterocycles. The Morgan fingerprint density at radius 1 is 1.00 bits per heavy atom. The van der Waals surface area contributed by atoms with Crippen LogP contribution < -0.4 is 9.64 Å². The SMILES string of the molecule is COc1ccccc1N1CCN(C(=O)COC(=O)CCC(=O)c2cccs2)CC1. The number of carbonyl (C=O) groups excluding carboxylic acids is 3. The molecule has 1 aromatic heterocycles. The third-order valence-electron chi connectivity index (χ3n) is 4.77. The number of carbonyl (C=O) groups is 3. The largest absolute Gasteiger partial charge is 0.495 e. The van der Waals surface area contributed by atoms with E-state index in [9.17, 15) is 14.4 Å². The molecule has 1 aliphatic heterocycles. The number of amides is 1. The standard InChI is InChI=1S/C21H24N2O5S/c1-27-18-6-3-2-5-16(18)22-10-12-23(13-11-22)20(25)15-28-21(26)9-8-17(24)19-7-4-14-29-19/h2-7,14H,8-13,15H2,1H3. The van der Waals surface area contributed by atoms with Crippen LogP contribution in [0.4, 0.5) is 5.69 Å². The Morgan fingerprint density at radius 3 is 2.45 bits per heavy atom. The van der Waals surface area contributed by atoms with Gasteiger partial charge in [0.2, 0.25) is 0 Å². The van der Waals surface area contributed by atoms with Crippen molar-refractivity contribution in [2.75, 3.05) is 44.8 Å². The average Bonchev–Trinajstić information content (AvgIpc) is 3.31. The zero-order chi connectivity index (χ0) is 20.6. The molecule has 7 nitrogen and oxygen atoms in total. The van der Waals surface area contributed by atoms with Gasteiger partial charge in [0.25, 0.3) is 5.91 Å². The van der Waals surface area contributed by atoms with Crippen LogP contribution in [0.5, 0.6) is 5.75 Å². The van der Waals surface area contributed by atoms with Crippen molar-refractivity contribution in [2.45, 2.75) is 12.8 Å². The molecule has 1 aromatic carbocycles. The predicted octanol–water partition coefficient (Wildman–Crippen LogP) is 2.61. The summed E-state index contributed by atoms with van der Waals surface area (Å²) in [5.41, 5.74) is 1.00. The minimum atomic E-state index is -0.532. The summed E-state index contributed by atoms with van der Waals surface area (Å²) < 4.78 is 10.5. The number of thiophene rings is 1. The van der Waals surface area contributed by atoms with E-state index in [2.05, 4.69) is 4.90 Å². The molecule has 0 unspecified atom stereocenters. The molecule has 0 spiro atoms. The van der Waals surface area contributed by atoms with Gasteiger partial charge >= 0.3 is 5.97 Å². The van der Waals surface area contributed by atoms with Crippen molar-refractivity contribution in [1.29, 1.82) is 0 Å². The minimum Gasteiger partial charge on any atom is -0.495 e. The van der Waals surface area contributed by atoms with Crippen LogP contribution in [0.25, 0.3) is 0 Å². The first kappa shape index (κ1) is 20.9. The number of ether oxygens (including phenoxy) is 2. The number of para-hydroxylation sites is 2. The summed E-state index contributed by atoms with van der Waals surface area (Å²) in [5.74, 6) is -0.0347. The average molecular weight is 416 g/mol. The number of ketones is 1. The van der Waals surface area contributed by atoms with Crippen LogP contribution in [-0.4, -0.2) is 62.5 Å². The number of anilines is 1. The number of rotatable bonds is 8. The van der Waals surface area contributed by atoms with E-state index >= 15 is 0 Å². The maximum absolute atomic E-state index is 12.3. The first-order chi connectivity index (χ1) is 14.1. The number of piperazine rings is 1. The van der Waals surface area contributed by atoms with Gasteiger partial charge in [-0.05, 0) is 23.6 Å². The summed E-state index contributed by atoms with van der Waals surface area (Å²) in [6, 6.07) is 11.3. The smallest absolute Gasteiger partial charge is 0.306 e. The highest BCUT2D eigenvalue weighted by atomic mass is 32.1. The van der Waals surface area contributed by atoms with E-state index in [1.165, 1.54) is 11.3 Å². The summed E-state index contributed by atoms with van der Waals surface area (Å²) in [5, 5.41) is 1.82. The zero-order valence-electron chi connectivity index (χ0n) is 16.3. The third kappa shape index (κ3) is 5.57. The highest BCUT2D eigenvalue weighted by molar-refractivity contribution is 7.12. The summed E-state index contributed by atoms with van der Waals surface area (Å²) >= 11 is 1.35. The van der Waals surface area contributed by atoms with Crippen molar-refractivity contribution in [3.63, 3.8) is 0 Å². The van der Waals surface area contributed by atoms with E-state index in [-0.39, 0.29) is 31.1 Å². The lowest BCUT2D eigenvalue weighted by molar-refractivity contribution is -0.152. The fourth-order valence-corrected chi connectivity index (χ4v) is 3.86. The normalized spacial score (nSPS) is 13.8. The molecule has 3 rings (SSSR count). The van der Waals surface area contributed by atoms with E-state index in [4.69, 9.17) is 9.47 Å². The van der Waals surface area contributed by atoms with Gasteiger partial charge in [0.05, 0.1) is 24.1 Å². The van der Waals surface area contributed by atoms with E-state index in [1.807, 2.05) is 29.6 Å². The second kappa shape index (κ2) is 10.1. The van der Waals surface area contributed by atoms with Crippen LogP contribution in [0.15, 0.2) is 41.8 Å². The van der Waals surface area contributed by atoms with Gasteiger partial charge in [-0.15, -0.1) is 11.3 Å². The van der Waals surface area contributed by atoms with Crippen LogP contribution in [0.1, 0.15) is 22.5 Å². The van der Waals surface area contributed by atoms with Gasteiger partial charge in [0.15, 0.2) is 12.4 Å². The molecule has 29 heavy (non-hydrogen) atoms. The van der Waals surface area contributed by atoms with E-state index in [0.717, 1.165) is 11.4 Å². The second-order valence-electron chi connectivity index (χ2n) is 6.60. The molecular weight excluding hydrogens is 392 g/mol. The third-order valence-corrected chi connectivity index (χ3v) is 5.68. The number of hydrogen-bond donors (Lipinski definition) is 0. The summed E-state index contributed by atoms with van der Waals surface area (Å²) in [6.07, 6.45) is 0.0662. The molecule has 0 radical (unpaired) electrons. The van der Waals surface area contributed by atoms with E-state index < -0.39 is 5.97 Å². The molecule has 2 aromatic rings. The molecule has 0 saturated carbocycles. The number of hydrogen-bond acceptors (Lipinski definition) is 7. The quantitative estimate of drug-likeness (QED) is 0.486. The highest BCUT2D eigenvalue weighted by Gasteiger charge is 2.23. The van der Waals surface area contributed by atoms with Crippen LogP contribution in [0, 0.1) is 0 Å². The summed E-state index contributed by atoms with van der Waals surface area (Å²) in [7, 11) is 1.64. The van der Waals surface area contributed by atoms with E-state index in [0.29, 0.717) is 31.1 Å². The molecular formula is C21H24N2O5S. The van der Waals surface area contributed by atoms with Crippen molar-refractivity contribution < 1.29 is 23.9 Å². The highest BCUT2D eigenvalue weighted by Crippen LogP contribution is 2.28. The molecule has 1 aliphatic rings. The van der Waals surface area contributed by atoms with Crippen molar-refractivity contribution in [2.24, 2.45) is 0 Å². The monoisotopic (exact) mass is 416 g/mol. The van der Waals surface area contributed by atoms with Crippen LogP contribution >= 0.6 is 11.3 Å². The van der Waals surface area contributed by atoms with Crippen LogP contribution in [0.2, 0.25) is 0 Å². The molecule has 8 heteroatoms. The molecule has 0 atom stereocenters. The maximum Gasteiger partial charge on any atom is 0.306 e. The molecule has 0 N–H and O–H groups in total. The zero-order valence-corrected chi connectivity index (χ0v) is 17.2. The molecule has 1 amide bonds. The number of nitrogens with zero attached hydrogens (tertiary/aromatic N) is 2. The molecule has 0 bridgehead atoms. The van der Waals surface area contributed by atoms with Gasteiger partial charge in [0.1, 0.15) is 5.75 Å². The van der Waals surface area contributed by atoms with Crippen LogP contribution in [-0.2, 0) is 14.3 Å². The van der Waals surface area contributed by atoms with Gasteiger partial charge in [0, 0.05) is 32.6 Å². The topological polar surface area (TPSA) is 76.2 Å². The molecule has 1 saturated heterocycles. The Labute approximate surface area is 173 Å². The van der Waals surface area contributed by atoms with Crippen LogP contribution in [0.3, 0.4) is 0 Å². The molecule has 1 fully saturated rings. The lowest BCUT2D eigenvalue weighted by atomic mass is 10.2. The van der Waals surface area contributed by atoms with Gasteiger partial charge in [-0.2, -0.15) is 0 Å². The first-order valence-electron chi connectivity index (χ1n) is 9.46. The Hall–Kier alpha value is -2.87. The minimum absolute atomic E-state index is 0.0222. The van der Waals surface area contributed by atoms with Gasteiger partial charge < -0.3 is 19.3 Å². The predicted molar refractivity (Wildman–Crippen MR) is 111 cm³/mol. The Balaban J connectivity index is 1.39. The Morgan fingerprint density at radius 2 is 1.76 bits per heavy atom. The van der Waals surface area contributed by atoms with E-state index in [1.54, 1.807) is 24.1 Å². The molecule has 154 valence electrons. The lowest BCUT2D eigenvalue weighted by Gasteiger charge is -2.36. The number of Topliss-reactive ketones (excluding diaryl/α,β-unsaturated/α-hetero) is 1. The number of methoxy groups -OCH3 is 1. The maximum atomic E-state index is 12.3. The fraction of sp³-hybridized carbons (Fsp3) is 0.381. The Kier molecular flexibility index (Phi) is 7.24. The van der Waals surface area contributed by atoms with Gasteiger partial charge in [-0.1, -0.05) is 18.2 Å². The Bertz CT molecular complexity index is 845. The van der Waals surface area contributed by atoms with Crippen molar-refractivity contribution >= 4 is 34.7 Å². The fourth-order valence-electron chi connectivity index (χ4n) is 3.17. The summed E-state index contributed by atoms with van der Waals surface area (Å²) in [6.45, 7) is 2.15. The second-order valence-corrected chi connectivity index (χ2v) is 7.55. The number of esters is 1.